The molecular formula is C15H20BrN3. The number of rotatable bonds is 6. The fourth-order valence-corrected chi connectivity index (χ4v) is 2.12. The quantitative estimate of drug-likeness (QED) is 0.883. The molecule has 0 saturated carbocycles. The molecule has 4 heteroatoms. The van der Waals surface area contributed by atoms with Crippen LogP contribution in [0, 0.1) is 5.92 Å². The van der Waals surface area contributed by atoms with Crippen molar-refractivity contribution in [2.24, 2.45) is 5.92 Å². The third kappa shape index (κ3) is 4.80. The van der Waals surface area contributed by atoms with Gasteiger partial charge in [0, 0.05) is 29.6 Å². The van der Waals surface area contributed by atoms with Crippen molar-refractivity contribution in [1.29, 1.82) is 0 Å². The van der Waals surface area contributed by atoms with Crippen LogP contribution in [0.5, 0.6) is 0 Å². The molecule has 0 saturated heterocycles. The van der Waals surface area contributed by atoms with Gasteiger partial charge in [0.05, 0.1) is 12.2 Å². The molecule has 19 heavy (non-hydrogen) atoms. The highest BCUT2D eigenvalue weighted by molar-refractivity contribution is 9.10. The summed E-state index contributed by atoms with van der Waals surface area (Å²) < 4.78 is 3.19. The van der Waals surface area contributed by atoms with Crippen LogP contribution in [-0.4, -0.2) is 16.1 Å². The van der Waals surface area contributed by atoms with Crippen molar-refractivity contribution >= 4 is 15.9 Å². The van der Waals surface area contributed by atoms with Crippen molar-refractivity contribution in [3.63, 3.8) is 0 Å². The number of pyridine rings is 1. The van der Waals surface area contributed by atoms with Crippen molar-refractivity contribution < 1.29 is 0 Å². The molecule has 3 nitrogen and oxygen atoms in total. The highest BCUT2D eigenvalue weighted by atomic mass is 79.9. The zero-order valence-electron chi connectivity index (χ0n) is 11.4. The molecule has 0 radical (unpaired) electrons. The SMILES string of the molecule is CC(C)CNCc1ccn(Cc2ccc(Br)cn2)c1. The van der Waals surface area contributed by atoms with Crippen LogP contribution in [-0.2, 0) is 13.1 Å². The van der Waals surface area contributed by atoms with Gasteiger partial charge in [0.2, 0.25) is 0 Å². The average molecular weight is 322 g/mol. The Morgan fingerprint density at radius 2 is 2.16 bits per heavy atom. The van der Waals surface area contributed by atoms with Crippen molar-refractivity contribution in [2.45, 2.75) is 26.9 Å². The molecule has 0 aliphatic carbocycles. The number of nitrogens with zero attached hydrogens (tertiary/aromatic N) is 2. The normalized spacial score (nSPS) is 11.2. The lowest BCUT2D eigenvalue weighted by atomic mass is 10.2. The summed E-state index contributed by atoms with van der Waals surface area (Å²) in [5.74, 6) is 0.689. The van der Waals surface area contributed by atoms with Crippen molar-refractivity contribution in [1.82, 2.24) is 14.9 Å². The van der Waals surface area contributed by atoms with E-state index in [2.05, 4.69) is 63.1 Å². The maximum Gasteiger partial charge on any atom is 0.0642 e. The molecule has 0 fully saturated rings. The molecule has 0 unspecified atom stereocenters. The monoisotopic (exact) mass is 321 g/mol. The smallest absolute Gasteiger partial charge is 0.0642 e. The Hall–Kier alpha value is -1.13. The molecule has 0 aromatic carbocycles. The van der Waals surface area contributed by atoms with E-state index in [1.165, 1.54) is 5.56 Å². The third-order valence-corrected chi connectivity index (χ3v) is 3.30. The summed E-state index contributed by atoms with van der Waals surface area (Å²) in [4.78, 5) is 4.38. The Labute approximate surface area is 123 Å². The van der Waals surface area contributed by atoms with Gasteiger partial charge in [0.25, 0.3) is 0 Å². The van der Waals surface area contributed by atoms with E-state index in [4.69, 9.17) is 0 Å². The molecule has 2 aromatic heterocycles. The highest BCUT2D eigenvalue weighted by Gasteiger charge is 2.00. The van der Waals surface area contributed by atoms with Crippen LogP contribution in [0.1, 0.15) is 25.1 Å². The van der Waals surface area contributed by atoms with Crippen LogP contribution in [0.15, 0.2) is 41.3 Å². The molecule has 0 spiro atoms. The maximum absolute atomic E-state index is 4.38. The molecule has 2 rings (SSSR count). The predicted molar refractivity (Wildman–Crippen MR) is 82.0 cm³/mol. The Bertz CT molecular complexity index is 502. The Morgan fingerprint density at radius 3 is 2.84 bits per heavy atom. The average Bonchev–Trinajstić information content (AvgIpc) is 2.79. The zero-order valence-corrected chi connectivity index (χ0v) is 13.0. The summed E-state index contributed by atoms with van der Waals surface area (Å²) in [7, 11) is 0. The fourth-order valence-electron chi connectivity index (χ4n) is 1.89. The minimum Gasteiger partial charge on any atom is -0.348 e. The van der Waals surface area contributed by atoms with Gasteiger partial charge in [-0.1, -0.05) is 13.8 Å². The van der Waals surface area contributed by atoms with Gasteiger partial charge in [-0.25, -0.2) is 0 Å². The summed E-state index contributed by atoms with van der Waals surface area (Å²) in [5.41, 5.74) is 2.39. The Balaban J connectivity index is 1.88. The largest absolute Gasteiger partial charge is 0.348 e. The number of halogens is 1. The second kappa shape index (κ2) is 6.87. The summed E-state index contributed by atoms with van der Waals surface area (Å²) >= 11 is 3.40. The molecule has 0 aliphatic heterocycles. The van der Waals surface area contributed by atoms with Gasteiger partial charge < -0.3 is 9.88 Å². The van der Waals surface area contributed by atoms with E-state index in [9.17, 15) is 0 Å². The van der Waals surface area contributed by atoms with Gasteiger partial charge in [-0.2, -0.15) is 0 Å². The Kier molecular flexibility index (Phi) is 5.16. The van der Waals surface area contributed by atoms with Crippen molar-refractivity contribution in [3.8, 4) is 0 Å². The minimum absolute atomic E-state index is 0.689. The number of nitrogens with one attached hydrogen (secondary N) is 1. The second-order valence-corrected chi connectivity index (χ2v) is 6.10. The first kappa shape index (κ1) is 14.3. The minimum atomic E-state index is 0.689. The van der Waals surface area contributed by atoms with Crippen LogP contribution in [0.2, 0.25) is 0 Å². The van der Waals surface area contributed by atoms with E-state index in [0.29, 0.717) is 5.92 Å². The number of hydrogen-bond donors (Lipinski definition) is 1. The standard InChI is InChI=1S/C15H20BrN3/c1-12(2)7-17-8-13-5-6-19(10-13)11-15-4-3-14(16)9-18-15/h3-6,9-10,12,17H,7-8,11H2,1-2H3. The maximum atomic E-state index is 4.38. The van der Waals surface area contributed by atoms with Crippen LogP contribution in [0.3, 0.4) is 0 Å². The van der Waals surface area contributed by atoms with Gasteiger partial charge >= 0.3 is 0 Å². The molecule has 0 bridgehead atoms. The summed E-state index contributed by atoms with van der Waals surface area (Å²) in [6.07, 6.45) is 6.12. The van der Waals surface area contributed by atoms with Gasteiger partial charge in [0.1, 0.15) is 0 Å². The molecule has 1 N–H and O–H groups in total. The van der Waals surface area contributed by atoms with E-state index >= 15 is 0 Å². The molecule has 0 aliphatic rings. The lowest BCUT2D eigenvalue weighted by Gasteiger charge is -2.06. The van der Waals surface area contributed by atoms with Gasteiger partial charge in [-0.15, -0.1) is 0 Å². The third-order valence-electron chi connectivity index (χ3n) is 2.83. The lowest BCUT2D eigenvalue weighted by molar-refractivity contribution is 0.552. The van der Waals surface area contributed by atoms with E-state index in [0.717, 1.165) is 29.8 Å². The van der Waals surface area contributed by atoms with Crippen LogP contribution < -0.4 is 5.32 Å². The lowest BCUT2D eigenvalue weighted by Crippen LogP contribution is -2.18. The highest BCUT2D eigenvalue weighted by Crippen LogP contribution is 2.09. The summed E-state index contributed by atoms with van der Waals surface area (Å²) in [5, 5.41) is 3.45. The molecule has 2 aromatic rings. The first-order chi connectivity index (χ1) is 9.13. The molecule has 0 amide bonds. The Morgan fingerprint density at radius 1 is 1.32 bits per heavy atom. The van der Waals surface area contributed by atoms with Gasteiger partial charge in [-0.05, 0) is 52.2 Å². The first-order valence-corrected chi connectivity index (χ1v) is 7.38. The van der Waals surface area contributed by atoms with Crippen molar-refractivity contribution in [2.75, 3.05) is 6.54 Å². The van der Waals surface area contributed by atoms with Crippen LogP contribution in [0.25, 0.3) is 0 Å². The molecular weight excluding hydrogens is 302 g/mol. The van der Waals surface area contributed by atoms with Crippen LogP contribution in [0.4, 0.5) is 0 Å². The van der Waals surface area contributed by atoms with Crippen LogP contribution >= 0.6 is 15.9 Å². The number of aromatic nitrogens is 2. The van der Waals surface area contributed by atoms with E-state index in [1.54, 1.807) is 0 Å². The van der Waals surface area contributed by atoms with E-state index in [1.807, 2.05) is 18.3 Å². The second-order valence-electron chi connectivity index (χ2n) is 5.18. The number of hydrogen-bond acceptors (Lipinski definition) is 2. The summed E-state index contributed by atoms with van der Waals surface area (Å²) in [6, 6.07) is 6.23. The van der Waals surface area contributed by atoms with E-state index < -0.39 is 0 Å². The predicted octanol–water partition coefficient (Wildman–Crippen LogP) is 3.44. The summed E-state index contributed by atoms with van der Waals surface area (Å²) in [6.45, 7) is 7.24. The fraction of sp³-hybridized carbons (Fsp3) is 0.400. The zero-order chi connectivity index (χ0) is 13.7. The van der Waals surface area contributed by atoms with E-state index in [-0.39, 0.29) is 0 Å². The van der Waals surface area contributed by atoms with Crippen molar-refractivity contribution in [3.05, 3.63) is 52.5 Å². The van der Waals surface area contributed by atoms with Gasteiger partial charge in [-0.3, -0.25) is 4.98 Å². The molecule has 102 valence electrons. The van der Waals surface area contributed by atoms with Gasteiger partial charge in [0.15, 0.2) is 0 Å². The topological polar surface area (TPSA) is 29.9 Å². The first-order valence-electron chi connectivity index (χ1n) is 6.59. The molecule has 0 atom stereocenters. The molecule has 2 heterocycles.